The first-order valence-corrected chi connectivity index (χ1v) is 4.98. The Kier molecular flexibility index (Phi) is 2.31. The Bertz CT molecular complexity index is 608. The maximum atomic E-state index is 11.6. The first kappa shape index (κ1) is 9.91. The highest BCUT2D eigenvalue weighted by atomic mass is 32.1. The van der Waals surface area contributed by atoms with E-state index in [2.05, 4.69) is 20.3 Å². The average molecular weight is 225 g/mol. The van der Waals surface area contributed by atoms with Crippen molar-refractivity contribution in [3.05, 3.63) is 15.1 Å². The predicted octanol–water partition coefficient (Wildman–Crippen LogP) is 0.844. The minimum Gasteiger partial charge on any atom is -0.359 e. The van der Waals surface area contributed by atoms with Crippen LogP contribution in [-0.2, 0) is 6.54 Å². The van der Waals surface area contributed by atoms with Crippen LogP contribution in [-0.4, -0.2) is 26.6 Å². The molecule has 0 aliphatic rings. The third kappa shape index (κ3) is 1.44. The number of nitrogens with zero attached hydrogens (tertiary/aromatic N) is 2. The summed E-state index contributed by atoms with van der Waals surface area (Å²) in [5.74, 6) is 0.434. The quantitative estimate of drug-likeness (QED) is 0.662. The van der Waals surface area contributed by atoms with Crippen LogP contribution in [0.1, 0.15) is 6.92 Å². The molecule has 0 aliphatic heterocycles. The number of nitrogens with one attached hydrogen (secondary N) is 3. The number of aromatic amines is 2. The molecule has 80 valence electrons. The molecule has 0 bridgehead atoms. The van der Waals surface area contributed by atoms with Crippen LogP contribution in [0, 0.1) is 4.77 Å². The lowest BCUT2D eigenvalue weighted by molar-refractivity contribution is 0.765. The number of imidazole rings is 1. The maximum Gasteiger partial charge on any atom is 0.278 e. The van der Waals surface area contributed by atoms with Crippen molar-refractivity contribution in [2.24, 2.45) is 0 Å². The number of fused-ring (bicyclic) bond motifs is 1. The summed E-state index contributed by atoms with van der Waals surface area (Å²) in [5, 5.41) is 2.79. The van der Waals surface area contributed by atoms with Gasteiger partial charge in [0, 0.05) is 13.6 Å². The van der Waals surface area contributed by atoms with E-state index >= 15 is 0 Å². The van der Waals surface area contributed by atoms with Crippen LogP contribution >= 0.6 is 12.2 Å². The van der Waals surface area contributed by atoms with Crippen molar-refractivity contribution in [3.8, 4) is 0 Å². The zero-order valence-electron chi connectivity index (χ0n) is 8.42. The maximum absolute atomic E-state index is 11.6. The van der Waals surface area contributed by atoms with E-state index in [0.29, 0.717) is 28.4 Å². The van der Waals surface area contributed by atoms with Gasteiger partial charge in [0.15, 0.2) is 15.9 Å². The smallest absolute Gasteiger partial charge is 0.278 e. The molecule has 0 saturated heterocycles. The summed E-state index contributed by atoms with van der Waals surface area (Å²) in [6.45, 7) is 2.63. The van der Waals surface area contributed by atoms with Crippen LogP contribution < -0.4 is 10.9 Å². The minimum absolute atomic E-state index is 0.220. The highest BCUT2D eigenvalue weighted by molar-refractivity contribution is 7.71. The summed E-state index contributed by atoms with van der Waals surface area (Å²) in [5.41, 5.74) is 0.777. The van der Waals surface area contributed by atoms with Gasteiger partial charge in [-0.1, -0.05) is 0 Å². The lowest BCUT2D eigenvalue weighted by Crippen LogP contribution is -2.12. The molecular weight excluding hydrogens is 214 g/mol. The second-order valence-corrected chi connectivity index (χ2v) is 3.42. The van der Waals surface area contributed by atoms with Gasteiger partial charge in [0.25, 0.3) is 5.56 Å². The van der Waals surface area contributed by atoms with Crippen LogP contribution in [0.4, 0.5) is 5.95 Å². The summed E-state index contributed by atoms with van der Waals surface area (Å²) in [6.07, 6.45) is 0. The Morgan fingerprint density at radius 3 is 2.87 bits per heavy atom. The fraction of sp³-hybridized carbons (Fsp3) is 0.375. The van der Waals surface area contributed by atoms with Crippen molar-refractivity contribution in [3.63, 3.8) is 0 Å². The van der Waals surface area contributed by atoms with E-state index in [1.807, 2.05) is 6.92 Å². The molecule has 2 rings (SSSR count). The predicted molar refractivity (Wildman–Crippen MR) is 60.8 cm³/mol. The normalized spacial score (nSPS) is 10.8. The van der Waals surface area contributed by atoms with Crippen molar-refractivity contribution < 1.29 is 0 Å². The van der Waals surface area contributed by atoms with Crippen molar-refractivity contribution >= 4 is 29.3 Å². The lowest BCUT2D eigenvalue weighted by atomic mass is 10.5. The fourth-order valence-corrected chi connectivity index (χ4v) is 1.77. The molecule has 0 spiro atoms. The molecule has 7 heteroatoms. The lowest BCUT2D eigenvalue weighted by Gasteiger charge is -2.00. The van der Waals surface area contributed by atoms with E-state index in [1.54, 1.807) is 11.6 Å². The van der Waals surface area contributed by atoms with E-state index in [0.717, 1.165) is 0 Å². The number of hydrogen-bond acceptors (Lipinski definition) is 4. The summed E-state index contributed by atoms with van der Waals surface area (Å²) >= 11 is 5.09. The van der Waals surface area contributed by atoms with Gasteiger partial charge in [0.1, 0.15) is 0 Å². The first-order valence-electron chi connectivity index (χ1n) is 4.58. The number of aryl methyl sites for hydroxylation is 1. The van der Waals surface area contributed by atoms with Crippen LogP contribution in [0.5, 0.6) is 0 Å². The van der Waals surface area contributed by atoms with E-state index in [4.69, 9.17) is 12.2 Å². The van der Waals surface area contributed by atoms with Crippen LogP contribution in [0.3, 0.4) is 0 Å². The monoisotopic (exact) mass is 225 g/mol. The standard InChI is InChI=1S/C8H11N5OS/c1-3-13-5-4(10-8(13)15)6(14)12-7(9-2)11-5/h3H2,1-2H3,(H,10,15)(H2,9,11,12,14). The average Bonchev–Trinajstić information content (AvgIpc) is 2.54. The SMILES string of the molecule is CCn1c(=S)[nH]c2c(=O)[nH]c(NC)nc21. The Morgan fingerprint density at radius 2 is 2.27 bits per heavy atom. The van der Waals surface area contributed by atoms with Gasteiger partial charge >= 0.3 is 0 Å². The van der Waals surface area contributed by atoms with Gasteiger partial charge < -0.3 is 14.9 Å². The molecule has 0 atom stereocenters. The van der Waals surface area contributed by atoms with Crippen molar-refractivity contribution in [1.29, 1.82) is 0 Å². The van der Waals surface area contributed by atoms with E-state index < -0.39 is 0 Å². The molecular formula is C8H11N5OS. The van der Waals surface area contributed by atoms with Gasteiger partial charge in [0.05, 0.1) is 0 Å². The van der Waals surface area contributed by atoms with Crippen LogP contribution in [0.25, 0.3) is 11.2 Å². The third-order valence-corrected chi connectivity index (χ3v) is 2.51. The molecule has 0 fully saturated rings. The first-order chi connectivity index (χ1) is 7.17. The molecule has 2 aromatic rings. The van der Waals surface area contributed by atoms with Gasteiger partial charge in [-0.2, -0.15) is 4.98 Å². The molecule has 0 radical (unpaired) electrons. The summed E-state index contributed by atoms with van der Waals surface area (Å²) < 4.78 is 2.29. The van der Waals surface area contributed by atoms with Gasteiger partial charge in [-0.25, -0.2) is 0 Å². The molecule has 15 heavy (non-hydrogen) atoms. The summed E-state index contributed by atoms with van der Waals surface area (Å²) in [7, 11) is 1.70. The molecule has 6 nitrogen and oxygen atoms in total. The molecule has 0 aromatic carbocycles. The summed E-state index contributed by atoms with van der Waals surface area (Å²) in [6, 6.07) is 0. The number of anilines is 1. The largest absolute Gasteiger partial charge is 0.359 e. The van der Waals surface area contributed by atoms with Crippen molar-refractivity contribution in [2.45, 2.75) is 13.5 Å². The van der Waals surface area contributed by atoms with Crippen LogP contribution in [0.2, 0.25) is 0 Å². The second kappa shape index (κ2) is 3.50. The number of aromatic nitrogens is 4. The summed E-state index contributed by atoms with van der Waals surface area (Å²) in [4.78, 5) is 21.3. The van der Waals surface area contributed by atoms with Gasteiger partial charge in [-0.3, -0.25) is 9.78 Å². The Labute approximate surface area is 90.4 Å². The van der Waals surface area contributed by atoms with Crippen LogP contribution in [0.15, 0.2) is 4.79 Å². The molecule has 2 heterocycles. The van der Waals surface area contributed by atoms with E-state index in [1.165, 1.54) is 0 Å². The topological polar surface area (TPSA) is 78.5 Å². The van der Waals surface area contributed by atoms with Crippen molar-refractivity contribution in [2.75, 3.05) is 12.4 Å². The molecule has 0 saturated carbocycles. The molecule has 0 aliphatic carbocycles. The van der Waals surface area contributed by atoms with Crippen molar-refractivity contribution in [1.82, 2.24) is 19.5 Å². The van der Waals surface area contributed by atoms with Gasteiger partial charge in [-0.15, -0.1) is 0 Å². The Hall–Kier alpha value is -1.63. The Balaban J connectivity index is 2.92. The number of H-pyrrole nitrogens is 2. The highest BCUT2D eigenvalue weighted by Crippen LogP contribution is 2.08. The zero-order chi connectivity index (χ0) is 11.0. The van der Waals surface area contributed by atoms with Gasteiger partial charge in [0.2, 0.25) is 5.95 Å². The molecule has 2 aromatic heterocycles. The highest BCUT2D eigenvalue weighted by Gasteiger charge is 2.09. The minimum atomic E-state index is -0.220. The second-order valence-electron chi connectivity index (χ2n) is 3.04. The zero-order valence-corrected chi connectivity index (χ0v) is 9.23. The van der Waals surface area contributed by atoms with E-state index in [-0.39, 0.29) is 5.56 Å². The third-order valence-electron chi connectivity index (χ3n) is 2.19. The molecule has 0 unspecified atom stereocenters. The molecule has 3 N–H and O–H groups in total. The number of hydrogen-bond donors (Lipinski definition) is 3. The van der Waals surface area contributed by atoms with Gasteiger partial charge in [-0.05, 0) is 19.1 Å². The van der Waals surface area contributed by atoms with E-state index in [9.17, 15) is 4.79 Å². The number of rotatable bonds is 2. The Morgan fingerprint density at radius 1 is 1.53 bits per heavy atom. The fourth-order valence-electron chi connectivity index (χ4n) is 1.45. The molecule has 0 amide bonds.